The summed E-state index contributed by atoms with van der Waals surface area (Å²) in [4.78, 5) is 14.1. The lowest BCUT2D eigenvalue weighted by Crippen LogP contribution is -2.48. The molecule has 0 bridgehead atoms. The topological polar surface area (TPSA) is 66.5 Å². The number of rotatable bonds is 6. The van der Waals surface area contributed by atoms with Gasteiger partial charge >= 0.3 is 0 Å². The summed E-state index contributed by atoms with van der Waals surface area (Å²) in [7, 11) is -3.31. The zero-order valence-electron chi connectivity index (χ0n) is 12.6. The summed E-state index contributed by atoms with van der Waals surface area (Å²) in [5.74, 6) is -0.586. The summed E-state index contributed by atoms with van der Waals surface area (Å²) in [5.41, 5.74) is 0. The Kier molecular flexibility index (Phi) is 8.70. The van der Waals surface area contributed by atoms with Crippen LogP contribution in [0.15, 0.2) is 0 Å². The Labute approximate surface area is 128 Å². The van der Waals surface area contributed by atoms with Gasteiger partial charge in [0.05, 0.1) is 5.25 Å². The lowest BCUT2D eigenvalue weighted by molar-refractivity contribution is -0.131. The number of carbonyl (C=O) groups excluding carboxylic acids is 1. The highest BCUT2D eigenvalue weighted by molar-refractivity contribution is 7.92. The van der Waals surface area contributed by atoms with Crippen LogP contribution in [0.4, 0.5) is 0 Å². The normalized spacial score (nSPS) is 16.8. The van der Waals surface area contributed by atoms with Crippen LogP contribution in [-0.2, 0) is 14.6 Å². The van der Waals surface area contributed by atoms with Crippen LogP contribution in [0, 0.1) is 0 Å². The molecule has 0 unspecified atom stereocenters. The highest BCUT2D eigenvalue weighted by atomic mass is 35.5. The molecule has 0 aliphatic carbocycles. The Morgan fingerprint density at radius 2 is 1.85 bits per heavy atom. The van der Waals surface area contributed by atoms with Gasteiger partial charge in [0.1, 0.15) is 5.75 Å². The first-order chi connectivity index (χ1) is 8.88. The van der Waals surface area contributed by atoms with E-state index in [-0.39, 0.29) is 30.1 Å². The molecule has 5 nitrogen and oxygen atoms in total. The van der Waals surface area contributed by atoms with Gasteiger partial charge in [0.15, 0.2) is 9.84 Å². The zero-order valence-corrected chi connectivity index (χ0v) is 14.2. The number of halogens is 1. The maximum absolute atomic E-state index is 12.3. The fraction of sp³-hybridized carbons (Fsp3) is 0.923. The molecule has 120 valence electrons. The first-order valence-corrected chi connectivity index (χ1v) is 8.81. The van der Waals surface area contributed by atoms with Crippen molar-refractivity contribution in [3.05, 3.63) is 0 Å². The van der Waals surface area contributed by atoms with Crippen molar-refractivity contribution in [2.45, 2.75) is 51.3 Å². The molecule has 0 aromatic heterocycles. The van der Waals surface area contributed by atoms with Crippen molar-refractivity contribution in [3.63, 3.8) is 0 Å². The molecule has 1 aliphatic rings. The van der Waals surface area contributed by atoms with E-state index in [1.807, 2.05) is 6.92 Å². The summed E-state index contributed by atoms with van der Waals surface area (Å²) in [6.45, 7) is 7.70. The smallest absolute Gasteiger partial charge is 0.238 e. The minimum Gasteiger partial charge on any atom is -0.339 e. The molecule has 1 fully saturated rings. The van der Waals surface area contributed by atoms with E-state index in [9.17, 15) is 13.2 Å². The molecule has 0 aromatic carbocycles. The molecule has 7 heteroatoms. The van der Waals surface area contributed by atoms with Gasteiger partial charge in [-0.3, -0.25) is 4.79 Å². The van der Waals surface area contributed by atoms with Crippen molar-refractivity contribution < 1.29 is 13.2 Å². The second-order valence-corrected chi connectivity index (χ2v) is 7.98. The van der Waals surface area contributed by atoms with Gasteiger partial charge in [-0.1, -0.05) is 6.92 Å². The highest BCUT2D eigenvalue weighted by Gasteiger charge is 2.29. The number of sulfone groups is 1. The third-order valence-corrected chi connectivity index (χ3v) is 5.66. The van der Waals surface area contributed by atoms with Crippen molar-refractivity contribution in [2.24, 2.45) is 0 Å². The van der Waals surface area contributed by atoms with Gasteiger partial charge in [0.25, 0.3) is 0 Å². The van der Waals surface area contributed by atoms with Crippen LogP contribution in [-0.4, -0.2) is 55.9 Å². The molecule has 1 amide bonds. The standard InChI is InChI=1S/C13H26N2O3S.ClH/c1-4-9-15(12-5-7-14-8-6-12)13(16)10-19(17,18)11(2)3;/h11-12,14H,4-10H2,1-3H3;1H. The Morgan fingerprint density at radius 1 is 1.30 bits per heavy atom. The van der Waals surface area contributed by atoms with E-state index in [2.05, 4.69) is 5.32 Å². The molecule has 0 radical (unpaired) electrons. The molecule has 0 saturated carbocycles. The number of hydrogen-bond acceptors (Lipinski definition) is 4. The first kappa shape index (κ1) is 19.7. The molecule has 1 saturated heterocycles. The molecular formula is C13H27ClN2O3S. The van der Waals surface area contributed by atoms with E-state index in [4.69, 9.17) is 0 Å². The minimum absolute atomic E-state index is 0. The SMILES string of the molecule is CCCN(C(=O)CS(=O)(=O)C(C)C)C1CCNCC1.Cl. The highest BCUT2D eigenvalue weighted by Crippen LogP contribution is 2.14. The molecule has 0 spiro atoms. The maximum Gasteiger partial charge on any atom is 0.238 e. The predicted molar refractivity (Wildman–Crippen MR) is 84.1 cm³/mol. The summed E-state index contributed by atoms with van der Waals surface area (Å²) in [6.07, 6.45) is 2.68. The summed E-state index contributed by atoms with van der Waals surface area (Å²) in [5, 5.41) is 2.77. The van der Waals surface area contributed by atoms with Gasteiger partial charge in [-0.2, -0.15) is 0 Å². The van der Waals surface area contributed by atoms with Crippen molar-refractivity contribution >= 4 is 28.2 Å². The Balaban J connectivity index is 0.00000361. The van der Waals surface area contributed by atoms with Gasteiger partial charge in [-0.05, 0) is 46.2 Å². The fourth-order valence-electron chi connectivity index (χ4n) is 2.29. The fourth-order valence-corrected chi connectivity index (χ4v) is 3.14. The Hall–Kier alpha value is -0.330. The lowest BCUT2D eigenvalue weighted by Gasteiger charge is -2.34. The van der Waals surface area contributed by atoms with Crippen molar-refractivity contribution in [1.82, 2.24) is 10.2 Å². The van der Waals surface area contributed by atoms with Crippen LogP contribution >= 0.6 is 12.4 Å². The summed E-state index contributed by atoms with van der Waals surface area (Å²) >= 11 is 0. The molecule has 1 rings (SSSR count). The molecule has 0 aromatic rings. The van der Waals surface area contributed by atoms with Crippen molar-refractivity contribution in [1.29, 1.82) is 0 Å². The largest absolute Gasteiger partial charge is 0.339 e. The van der Waals surface area contributed by atoms with Crippen molar-refractivity contribution in [3.8, 4) is 0 Å². The quantitative estimate of drug-likeness (QED) is 0.797. The number of nitrogens with one attached hydrogen (secondary N) is 1. The summed E-state index contributed by atoms with van der Waals surface area (Å²) < 4.78 is 23.7. The molecule has 1 heterocycles. The monoisotopic (exact) mass is 326 g/mol. The molecule has 1 N–H and O–H groups in total. The zero-order chi connectivity index (χ0) is 14.5. The van der Waals surface area contributed by atoms with E-state index < -0.39 is 15.1 Å². The predicted octanol–water partition coefficient (Wildman–Crippen LogP) is 1.22. The van der Waals surface area contributed by atoms with Gasteiger partial charge < -0.3 is 10.2 Å². The van der Waals surface area contributed by atoms with E-state index in [0.29, 0.717) is 6.54 Å². The second-order valence-electron chi connectivity index (χ2n) is 5.42. The summed E-state index contributed by atoms with van der Waals surface area (Å²) in [6, 6.07) is 0.191. The molecular weight excluding hydrogens is 300 g/mol. The molecule has 0 atom stereocenters. The third kappa shape index (κ3) is 5.58. The lowest BCUT2D eigenvalue weighted by atomic mass is 10.0. The van der Waals surface area contributed by atoms with Crippen LogP contribution in [0.5, 0.6) is 0 Å². The van der Waals surface area contributed by atoms with Gasteiger partial charge in [0, 0.05) is 12.6 Å². The Morgan fingerprint density at radius 3 is 2.30 bits per heavy atom. The molecule has 1 aliphatic heterocycles. The van der Waals surface area contributed by atoms with Crippen LogP contribution in [0.1, 0.15) is 40.0 Å². The number of nitrogens with zero attached hydrogens (tertiary/aromatic N) is 1. The third-order valence-electron chi connectivity index (χ3n) is 3.58. The van der Waals surface area contributed by atoms with Crippen LogP contribution in [0.3, 0.4) is 0 Å². The number of hydrogen-bond donors (Lipinski definition) is 1. The second kappa shape index (κ2) is 8.85. The average Bonchev–Trinajstić information content (AvgIpc) is 2.36. The van der Waals surface area contributed by atoms with E-state index in [1.54, 1.807) is 18.7 Å². The van der Waals surface area contributed by atoms with Gasteiger partial charge in [0.2, 0.25) is 5.91 Å². The van der Waals surface area contributed by atoms with Crippen LogP contribution < -0.4 is 5.32 Å². The maximum atomic E-state index is 12.3. The number of amides is 1. The van der Waals surface area contributed by atoms with Gasteiger partial charge in [-0.25, -0.2) is 8.42 Å². The van der Waals surface area contributed by atoms with Crippen molar-refractivity contribution in [2.75, 3.05) is 25.4 Å². The average molecular weight is 327 g/mol. The van der Waals surface area contributed by atoms with E-state index in [1.165, 1.54) is 0 Å². The number of piperidine rings is 1. The van der Waals surface area contributed by atoms with Gasteiger partial charge in [-0.15, -0.1) is 12.4 Å². The Bertz CT molecular complexity index is 392. The number of carbonyl (C=O) groups is 1. The van der Waals surface area contributed by atoms with Crippen LogP contribution in [0.2, 0.25) is 0 Å². The minimum atomic E-state index is -3.31. The first-order valence-electron chi connectivity index (χ1n) is 7.10. The van der Waals surface area contributed by atoms with Crippen LogP contribution in [0.25, 0.3) is 0 Å². The van der Waals surface area contributed by atoms with E-state index >= 15 is 0 Å². The van der Waals surface area contributed by atoms with E-state index in [0.717, 1.165) is 32.4 Å². The molecule has 20 heavy (non-hydrogen) atoms.